The average Bonchev–Trinajstić information content (AvgIpc) is 2.19. The molecule has 0 aliphatic rings. The fourth-order valence-electron chi connectivity index (χ4n) is 0.897. The number of benzene rings is 1. The van der Waals surface area contributed by atoms with E-state index in [1.165, 1.54) is 0 Å². The number of hydrogen-bond donors (Lipinski definition) is 0. The number of rotatable bonds is 2. The standard InChI is InChI=1S/C12H10O/c1-2-11-6-8-12(9-7-11)5-3-4-10-13/h2,6-10H,1,4H2. The van der Waals surface area contributed by atoms with Crippen molar-refractivity contribution >= 4 is 12.4 Å². The fourth-order valence-corrected chi connectivity index (χ4v) is 0.897. The zero-order chi connectivity index (χ0) is 9.52. The van der Waals surface area contributed by atoms with Crippen LogP contribution in [0.2, 0.25) is 0 Å². The summed E-state index contributed by atoms with van der Waals surface area (Å²) in [5.41, 5.74) is 1.99. The van der Waals surface area contributed by atoms with Gasteiger partial charge in [0.25, 0.3) is 0 Å². The smallest absolute Gasteiger partial charge is 0.131 e. The minimum Gasteiger partial charge on any atom is -0.302 e. The summed E-state index contributed by atoms with van der Waals surface area (Å²) in [7, 11) is 0. The van der Waals surface area contributed by atoms with Crippen molar-refractivity contribution in [2.75, 3.05) is 0 Å². The Morgan fingerprint density at radius 3 is 2.54 bits per heavy atom. The highest BCUT2D eigenvalue weighted by Crippen LogP contribution is 2.03. The summed E-state index contributed by atoms with van der Waals surface area (Å²) in [5, 5.41) is 0. The molecule has 0 aromatic heterocycles. The van der Waals surface area contributed by atoms with E-state index in [9.17, 15) is 4.79 Å². The van der Waals surface area contributed by atoms with E-state index in [0.717, 1.165) is 17.4 Å². The van der Waals surface area contributed by atoms with Crippen molar-refractivity contribution in [1.82, 2.24) is 0 Å². The third kappa shape index (κ3) is 2.96. The first-order valence-corrected chi connectivity index (χ1v) is 4.02. The Morgan fingerprint density at radius 1 is 1.31 bits per heavy atom. The number of hydrogen-bond acceptors (Lipinski definition) is 1. The topological polar surface area (TPSA) is 17.1 Å². The molecule has 1 aromatic rings. The van der Waals surface area contributed by atoms with Crippen LogP contribution in [-0.4, -0.2) is 6.29 Å². The molecular formula is C12H10O. The monoisotopic (exact) mass is 170 g/mol. The molecule has 1 nitrogen and oxygen atoms in total. The lowest BCUT2D eigenvalue weighted by Crippen LogP contribution is -1.75. The van der Waals surface area contributed by atoms with Crippen LogP contribution in [0.4, 0.5) is 0 Å². The molecule has 1 heteroatoms. The molecule has 0 amide bonds. The second-order valence-corrected chi connectivity index (χ2v) is 2.50. The predicted octanol–water partition coefficient (Wildman–Crippen LogP) is 2.27. The molecule has 0 spiro atoms. The van der Waals surface area contributed by atoms with Gasteiger partial charge in [0.2, 0.25) is 0 Å². The molecule has 0 heterocycles. The van der Waals surface area contributed by atoms with Gasteiger partial charge in [0.05, 0.1) is 6.42 Å². The van der Waals surface area contributed by atoms with E-state index in [1.54, 1.807) is 6.08 Å². The van der Waals surface area contributed by atoms with Gasteiger partial charge >= 0.3 is 0 Å². The summed E-state index contributed by atoms with van der Waals surface area (Å²) in [6.45, 7) is 3.65. The van der Waals surface area contributed by atoms with Gasteiger partial charge in [0.1, 0.15) is 6.29 Å². The van der Waals surface area contributed by atoms with Crippen molar-refractivity contribution in [3.8, 4) is 11.8 Å². The molecule has 64 valence electrons. The number of carbonyl (C=O) groups excluding carboxylic acids is 1. The van der Waals surface area contributed by atoms with Crippen LogP contribution in [0.25, 0.3) is 6.08 Å². The number of carbonyl (C=O) groups is 1. The van der Waals surface area contributed by atoms with Crippen LogP contribution in [0.3, 0.4) is 0 Å². The van der Waals surface area contributed by atoms with Gasteiger partial charge in [-0.15, -0.1) is 0 Å². The van der Waals surface area contributed by atoms with Gasteiger partial charge in [-0.25, -0.2) is 0 Å². The van der Waals surface area contributed by atoms with E-state index >= 15 is 0 Å². The van der Waals surface area contributed by atoms with Crippen molar-refractivity contribution in [2.24, 2.45) is 0 Å². The van der Waals surface area contributed by atoms with Gasteiger partial charge in [-0.05, 0) is 17.7 Å². The predicted molar refractivity (Wildman–Crippen MR) is 54.1 cm³/mol. The largest absolute Gasteiger partial charge is 0.302 e. The molecule has 13 heavy (non-hydrogen) atoms. The molecule has 0 fully saturated rings. The highest BCUT2D eigenvalue weighted by Gasteiger charge is 1.86. The van der Waals surface area contributed by atoms with Crippen molar-refractivity contribution < 1.29 is 4.79 Å². The molecule has 0 unspecified atom stereocenters. The third-order valence-corrected chi connectivity index (χ3v) is 1.56. The van der Waals surface area contributed by atoms with Gasteiger partial charge in [0, 0.05) is 5.56 Å². The zero-order valence-corrected chi connectivity index (χ0v) is 7.29. The first-order valence-electron chi connectivity index (χ1n) is 4.02. The van der Waals surface area contributed by atoms with E-state index in [-0.39, 0.29) is 0 Å². The van der Waals surface area contributed by atoms with Crippen LogP contribution in [0.1, 0.15) is 17.5 Å². The van der Waals surface area contributed by atoms with Crippen molar-refractivity contribution in [2.45, 2.75) is 6.42 Å². The lowest BCUT2D eigenvalue weighted by atomic mass is 10.1. The van der Waals surface area contributed by atoms with Gasteiger partial charge in [-0.3, -0.25) is 0 Å². The Morgan fingerprint density at radius 2 is 2.00 bits per heavy atom. The summed E-state index contributed by atoms with van der Waals surface area (Å²) in [6.07, 6.45) is 2.87. The van der Waals surface area contributed by atoms with E-state index in [0.29, 0.717) is 6.42 Å². The Balaban J connectivity index is 2.76. The molecule has 1 aromatic carbocycles. The lowest BCUT2D eigenvalue weighted by Gasteiger charge is -1.91. The van der Waals surface area contributed by atoms with Crippen LogP contribution in [0.5, 0.6) is 0 Å². The molecule has 0 aliphatic heterocycles. The Kier molecular flexibility index (Phi) is 3.53. The summed E-state index contributed by atoms with van der Waals surface area (Å²) in [5.74, 6) is 5.63. The maximum absolute atomic E-state index is 9.98. The fraction of sp³-hybridized carbons (Fsp3) is 0.0833. The molecule has 0 bridgehead atoms. The van der Waals surface area contributed by atoms with E-state index < -0.39 is 0 Å². The maximum atomic E-state index is 9.98. The van der Waals surface area contributed by atoms with Crippen LogP contribution in [0.15, 0.2) is 30.8 Å². The highest BCUT2D eigenvalue weighted by atomic mass is 16.1. The van der Waals surface area contributed by atoms with Gasteiger partial charge in [-0.1, -0.05) is 36.6 Å². The molecule has 0 saturated heterocycles. The summed E-state index contributed by atoms with van der Waals surface area (Å²) < 4.78 is 0. The van der Waals surface area contributed by atoms with E-state index in [1.807, 2.05) is 24.3 Å². The normalized spacial score (nSPS) is 8.31. The molecule has 0 radical (unpaired) electrons. The Bertz CT molecular complexity index is 349. The molecule has 0 atom stereocenters. The Labute approximate surface area is 78.1 Å². The first-order chi connectivity index (χ1) is 6.36. The van der Waals surface area contributed by atoms with Gasteiger partial charge in [-0.2, -0.15) is 0 Å². The SMILES string of the molecule is C=Cc1ccc(C#CCC=O)cc1. The molecule has 0 saturated carbocycles. The molecular weight excluding hydrogens is 160 g/mol. The first kappa shape index (κ1) is 9.28. The average molecular weight is 170 g/mol. The van der Waals surface area contributed by atoms with Crippen LogP contribution in [0, 0.1) is 11.8 Å². The summed E-state index contributed by atoms with van der Waals surface area (Å²) in [6, 6.07) is 7.71. The molecule has 1 rings (SSSR count). The van der Waals surface area contributed by atoms with Crippen molar-refractivity contribution in [3.05, 3.63) is 42.0 Å². The zero-order valence-electron chi connectivity index (χ0n) is 7.29. The minimum atomic E-state index is 0.295. The lowest BCUT2D eigenvalue weighted by molar-refractivity contribution is -0.107. The van der Waals surface area contributed by atoms with E-state index in [4.69, 9.17) is 0 Å². The number of aldehydes is 1. The molecule has 0 aliphatic carbocycles. The summed E-state index contributed by atoms with van der Waals surface area (Å²) in [4.78, 5) is 9.98. The van der Waals surface area contributed by atoms with Crippen molar-refractivity contribution in [1.29, 1.82) is 0 Å². The summed E-state index contributed by atoms with van der Waals surface area (Å²) >= 11 is 0. The maximum Gasteiger partial charge on any atom is 0.131 e. The van der Waals surface area contributed by atoms with Crippen molar-refractivity contribution in [3.63, 3.8) is 0 Å². The van der Waals surface area contributed by atoms with Crippen LogP contribution < -0.4 is 0 Å². The van der Waals surface area contributed by atoms with Crippen LogP contribution in [-0.2, 0) is 4.79 Å². The second kappa shape index (κ2) is 4.95. The third-order valence-electron chi connectivity index (χ3n) is 1.56. The molecule has 0 N–H and O–H groups in total. The minimum absolute atomic E-state index is 0.295. The second-order valence-electron chi connectivity index (χ2n) is 2.50. The van der Waals surface area contributed by atoms with E-state index in [2.05, 4.69) is 18.4 Å². The quantitative estimate of drug-likeness (QED) is 0.491. The van der Waals surface area contributed by atoms with Gasteiger partial charge < -0.3 is 4.79 Å². The Hall–Kier alpha value is -1.81. The highest BCUT2D eigenvalue weighted by molar-refractivity contribution is 5.55. The van der Waals surface area contributed by atoms with Gasteiger partial charge in [0.15, 0.2) is 0 Å². The van der Waals surface area contributed by atoms with Crippen LogP contribution >= 0.6 is 0 Å².